The van der Waals surface area contributed by atoms with E-state index in [-0.39, 0.29) is 11.1 Å². The average Bonchev–Trinajstić information content (AvgIpc) is 2.50. The lowest BCUT2D eigenvalue weighted by Crippen LogP contribution is -2.16. The van der Waals surface area contributed by atoms with Crippen molar-refractivity contribution in [3.63, 3.8) is 0 Å². The van der Waals surface area contributed by atoms with Gasteiger partial charge in [-0.3, -0.25) is 0 Å². The van der Waals surface area contributed by atoms with Crippen LogP contribution in [0.5, 0.6) is 0 Å². The number of benzene rings is 1. The SMILES string of the molecule is CCCCCC(CC)COC(=O)c1ccccc1C(=O)O. The van der Waals surface area contributed by atoms with Crippen molar-refractivity contribution in [2.24, 2.45) is 5.92 Å². The smallest absolute Gasteiger partial charge is 0.339 e. The molecule has 0 bridgehead atoms. The number of carboxylic acid groups (broad SMARTS) is 1. The van der Waals surface area contributed by atoms with Crippen LogP contribution >= 0.6 is 0 Å². The third-order valence-corrected chi connectivity index (χ3v) is 3.62. The second-order valence-corrected chi connectivity index (χ2v) is 5.22. The highest BCUT2D eigenvalue weighted by atomic mass is 16.5. The molecule has 0 aromatic heterocycles. The largest absolute Gasteiger partial charge is 0.478 e. The van der Waals surface area contributed by atoms with Crippen molar-refractivity contribution < 1.29 is 19.4 Å². The highest BCUT2D eigenvalue weighted by Crippen LogP contribution is 2.16. The predicted octanol–water partition coefficient (Wildman–Crippen LogP) is 4.15. The van der Waals surface area contributed by atoms with Gasteiger partial charge in [0.2, 0.25) is 0 Å². The van der Waals surface area contributed by atoms with Crippen LogP contribution in [0.3, 0.4) is 0 Å². The highest BCUT2D eigenvalue weighted by Gasteiger charge is 2.18. The van der Waals surface area contributed by atoms with E-state index in [2.05, 4.69) is 13.8 Å². The molecule has 0 heterocycles. The van der Waals surface area contributed by atoms with Crippen LogP contribution in [0.15, 0.2) is 24.3 Å². The Hall–Kier alpha value is -1.84. The maximum atomic E-state index is 12.0. The van der Waals surface area contributed by atoms with Crippen molar-refractivity contribution in [2.45, 2.75) is 46.0 Å². The molecular weight excluding hydrogens is 268 g/mol. The quantitative estimate of drug-likeness (QED) is 0.548. The number of ether oxygens (including phenoxy) is 1. The first-order chi connectivity index (χ1) is 10.1. The lowest BCUT2D eigenvalue weighted by Gasteiger charge is -2.15. The predicted molar refractivity (Wildman–Crippen MR) is 81.6 cm³/mol. The van der Waals surface area contributed by atoms with Crippen molar-refractivity contribution in [3.05, 3.63) is 35.4 Å². The maximum Gasteiger partial charge on any atom is 0.339 e. The Kier molecular flexibility index (Phi) is 7.51. The molecule has 1 N–H and O–H groups in total. The summed E-state index contributed by atoms with van der Waals surface area (Å²) in [6.45, 7) is 4.59. The number of unbranched alkanes of at least 4 members (excludes halogenated alkanes) is 2. The van der Waals surface area contributed by atoms with E-state index in [0.29, 0.717) is 12.5 Å². The van der Waals surface area contributed by atoms with Crippen LogP contribution in [0.25, 0.3) is 0 Å². The van der Waals surface area contributed by atoms with Crippen molar-refractivity contribution in [1.29, 1.82) is 0 Å². The van der Waals surface area contributed by atoms with Crippen LogP contribution in [0.1, 0.15) is 66.7 Å². The van der Waals surface area contributed by atoms with Gasteiger partial charge >= 0.3 is 11.9 Å². The van der Waals surface area contributed by atoms with Crippen LogP contribution in [0, 0.1) is 5.92 Å². The number of carbonyl (C=O) groups excluding carboxylic acids is 1. The summed E-state index contributed by atoms with van der Waals surface area (Å²) >= 11 is 0. The van der Waals surface area contributed by atoms with E-state index >= 15 is 0 Å². The summed E-state index contributed by atoms with van der Waals surface area (Å²) in [4.78, 5) is 23.1. The van der Waals surface area contributed by atoms with Crippen molar-refractivity contribution >= 4 is 11.9 Å². The minimum atomic E-state index is -1.11. The maximum absolute atomic E-state index is 12.0. The normalized spacial score (nSPS) is 11.9. The summed E-state index contributed by atoms with van der Waals surface area (Å²) in [5.41, 5.74) is 0.106. The van der Waals surface area contributed by atoms with Crippen LogP contribution in [0.2, 0.25) is 0 Å². The second-order valence-electron chi connectivity index (χ2n) is 5.22. The monoisotopic (exact) mass is 292 g/mol. The van der Waals surface area contributed by atoms with Crippen molar-refractivity contribution in [3.8, 4) is 0 Å². The molecule has 1 aromatic rings. The van der Waals surface area contributed by atoms with Crippen LogP contribution in [0.4, 0.5) is 0 Å². The lowest BCUT2D eigenvalue weighted by molar-refractivity contribution is 0.0420. The summed E-state index contributed by atoms with van der Waals surface area (Å²) in [7, 11) is 0. The Bertz CT molecular complexity index is 468. The minimum Gasteiger partial charge on any atom is -0.478 e. The third kappa shape index (κ3) is 5.58. The number of carbonyl (C=O) groups is 2. The van der Waals surface area contributed by atoms with Gasteiger partial charge < -0.3 is 9.84 Å². The molecule has 0 amide bonds. The van der Waals surface area contributed by atoms with E-state index in [9.17, 15) is 9.59 Å². The molecule has 0 spiro atoms. The first-order valence-electron chi connectivity index (χ1n) is 7.59. The fourth-order valence-electron chi connectivity index (χ4n) is 2.21. The Labute approximate surface area is 126 Å². The van der Waals surface area contributed by atoms with E-state index in [1.54, 1.807) is 12.1 Å². The molecule has 1 rings (SSSR count). The Morgan fingerprint density at radius 2 is 1.81 bits per heavy atom. The number of esters is 1. The Morgan fingerprint density at radius 1 is 1.14 bits per heavy atom. The van der Waals surface area contributed by atoms with E-state index in [1.165, 1.54) is 25.0 Å². The summed E-state index contributed by atoms with van der Waals surface area (Å²) in [5, 5.41) is 9.07. The summed E-state index contributed by atoms with van der Waals surface area (Å²) in [6, 6.07) is 6.14. The molecule has 0 fully saturated rings. The molecule has 1 unspecified atom stereocenters. The molecule has 0 saturated carbocycles. The Morgan fingerprint density at radius 3 is 2.38 bits per heavy atom. The summed E-state index contributed by atoms with van der Waals surface area (Å²) in [5.74, 6) is -1.32. The van der Waals surface area contributed by atoms with Gasteiger partial charge in [-0.15, -0.1) is 0 Å². The van der Waals surface area contributed by atoms with Gasteiger partial charge in [-0.2, -0.15) is 0 Å². The standard InChI is InChI=1S/C17H24O4/c1-3-5-6-9-13(4-2)12-21-17(20)15-11-8-7-10-14(15)16(18)19/h7-8,10-11,13H,3-6,9,12H2,1-2H3,(H,18,19). The molecular formula is C17H24O4. The fourth-order valence-corrected chi connectivity index (χ4v) is 2.21. The topological polar surface area (TPSA) is 63.6 Å². The van der Waals surface area contributed by atoms with Crippen molar-refractivity contribution in [1.82, 2.24) is 0 Å². The molecule has 116 valence electrons. The van der Waals surface area contributed by atoms with Crippen molar-refractivity contribution in [2.75, 3.05) is 6.61 Å². The lowest BCUT2D eigenvalue weighted by atomic mass is 9.99. The number of aromatic carboxylic acids is 1. The van der Waals surface area contributed by atoms with Gasteiger partial charge in [-0.05, 0) is 24.5 Å². The zero-order valence-electron chi connectivity index (χ0n) is 12.8. The second kappa shape index (κ2) is 9.16. The molecule has 0 saturated heterocycles. The van der Waals surface area contributed by atoms with E-state index in [1.807, 2.05) is 0 Å². The first kappa shape index (κ1) is 17.2. The Balaban J connectivity index is 2.58. The molecule has 0 aliphatic heterocycles. The summed E-state index contributed by atoms with van der Waals surface area (Å²) in [6.07, 6.45) is 5.49. The van der Waals surface area contributed by atoms with Crippen LogP contribution in [-0.2, 0) is 4.74 Å². The minimum absolute atomic E-state index is 0.0125. The highest BCUT2D eigenvalue weighted by molar-refractivity contribution is 6.02. The average molecular weight is 292 g/mol. The van der Waals surface area contributed by atoms with Gasteiger partial charge in [0.05, 0.1) is 17.7 Å². The van der Waals surface area contributed by atoms with E-state index < -0.39 is 11.9 Å². The van der Waals surface area contributed by atoms with Gasteiger partial charge in [-0.1, -0.05) is 51.7 Å². The number of carboxylic acids is 1. The molecule has 1 atom stereocenters. The number of rotatable bonds is 9. The van der Waals surface area contributed by atoms with Crippen LogP contribution in [-0.4, -0.2) is 23.7 Å². The molecule has 0 aliphatic carbocycles. The van der Waals surface area contributed by atoms with Gasteiger partial charge in [0.1, 0.15) is 0 Å². The number of hydrogen-bond donors (Lipinski definition) is 1. The number of hydrogen-bond acceptors (Lipinski definition) is 3. The van der Waals surface area contributed by atoms with Crippen LogP contribution < -0.4 is 0 Å². The molecule has 1 aromatic carbocycles. The molecule has 0 radical (unpaired) electrons. The molecule has 4 heteroatoms. The molecule has 0 aliphatic rings. The van der Waals surface area contributed by atoms with Gasteiger partial charge in [0.15, 0.2) is 0 Å². The fraction of sp³-hybridized carbons (Fsp3) is 0.529. The zero-order valence-corrected chi connectivity index (χ0v) is 12.8. The third-order valence-electron chi connectivity index (χ3n) is 3.62. The zero-order chi connectivity index (χ0) is 15.7. The summed E-state index contributed by atoms with van der Waals surface area (Å²) < 4.78 is 5.30. The van der Waals surface area contributed by atoms with Gasteiger partial charge in [0.25, 0.3) is 0 Å². The van der Waals surface area contributed by atoms with Gasteiger partial charge in [0, 0.05) is 0 Å². The molecule has 21 heavy (non-hydrogen) atoms. The first-order valence-corrected chi connectivity index (χ1v) is 7.59. The van der Waals surface area contributed by atoms with E-state index in [0.717, 1.165) is 19.3 Å². The van der Waals surface area contributed by atoms with E-state index in [4.69, 9.17) is 9.84 Å². The van der Waals surface area contributed by atoms with Gasteiger partial charge in [-0.25, -0.2) is 9.59 Å². The molecule has 4 nitrogen and oxygen atoms in total.